The summed E-state index contributed by atoms with van der Waals surface area (Å²) in [6.07, 6.45) is 5.99. The standard InChI is InChI=1S/C19H31IO4/c1-13(15(3)20)11-16(21)5-7-18-14(2)12-17(24-18)6-8-19-22-9-4-10-23-19/h13,16-19,21H,2-12H2,1H3/t13-,16+,17-,18-/m0/s1. The molecule has 138 valence electrons. The molecule has 4 atom stereocenters. The Balaban J connectivity index is 1.65. The minimum atomic E-state index is -0.300. The van der Waals surface area contributed by atoms with E-state index in [2.05, 4.69) is 42.7 Å². The van der Waals surface area contributed by atoms with Crippen molar-refractivity contribution in [1.29, 1.82) is 0 Å². The summed E-state index contributed by atoms with van der Waals surface area (Å²) in [5, 5.41) is 10.2. The quantitative estimate of drug-likeness (QED) is 0.419. The van der Waals surface area contributed by atoms with E-state index in [1.54, 1.807) is 0 Å². The van der Waals surface area contributed by atoms with Gasteiger partial charge < -0.3 is 19.3 Å². The van der Waals surface area contributed by atoms with Gasteiger partial charge in [-0.25, -0.2) is 0 Å². The molecule has 0 aromatic heterocycles. The molecule has 2 aliphatic rings. The molecule has 0 amide bonds. The molecule has 4 nitrogen and oxygen atoms in total. The van der Waals surface area contributed by atoms with Crippen LogP contribution in [0.1, 0.15) is 51.9 Å². The number of hydrogen-bond donors (Lipinski definition) is 1. The molecule has 0 aliphatic carbocycles. The molecule has 2 rings (SSSR count). The second-order valence-electron chi connectivity index (χ2n) is 7.03. The average Bonchev–Trinajstić information content (AvgIpc) is 2.92. The van der Waals surface area contributed by atoms with Crippen molar-refractivity contribution in [1.82, 2.24) is 0 Å². The van der Waals surface area contributed by atoms with E-state index in [9.17, 15) is 5.11 Å². The van der Waals surface area contributed by atoms with Crippen molar-refractivity contribution in [3.8, 4) is 0 Å². The van der Waals surface area contributed by atoms with E-state index in [1.165, 1.54) is 0 Å². The van der Waals surface area contributed by atoms with Gasteiger partial charge in [0.2, 0.25) is 0 Å². The summed E-state index contributed by atoms with van der Waals surface area (Å²) in [7, 11) is 0. The van der Waals surface area contributed by atoms with Crippen LogP contribution in [0.4, 0.5) is 0 Å². The van der Waals surface area contributed by atoms with Gasteiger partial charge in [0.15, 0.2) is 6.29 Å². The summed E-state index contributed by atoms with van der Waals surface area (Å²) in [6.45, 7) is 11.8. The SMILES string of the molecule is C=C1C[C@H](CCC2OCCCO2)O[C@H]1CC[C@@H](O)C[C@H](C)C(=C)I. The maximum Gasteiger partial charge on any atom is 0.157 e. The normalized spacial score (nSPS) is 28.0. The molecular formula is C19H31IO4. The average molecular weight is 450 g/mol. The van der Waals surface area contributed by atoms with Crippen molar-refractivity contribution in [2.24, 2.45) is 5.92 Å². The molecule has 0 saturated carbocycles. The first kappa shape index (κ1) is 20.4. The second-order valence-corrected chi connectivity index (χ2v) is 8.41. The van der Waals surface area contributed by atoms with Crippen LogP contribution in [0.25, 0.3) is 0 Å². The fraction of sp³-hybridized carbons (Fsp3) is 0.789. The van der Waals surface area contributed by atoms with E-state index in [0.717, 1.165) is 67.3 Å². The Labute approximate surface area is 159 Å². The van der Waals surface area contributed by atoms with Gasteiger partial charge in [-0.3, -0.25) is 0 Å². The highest BCUT2D eigenvalue weighted by molar-refractivity contribution is 14.1. The van der Waals surface area contributed by atoms with Crippen LogP contribution >= 0.6 is 22.6 Å². The topological polar surface area (TPSA) is 47.9 Å². The summed E-state index contributed by atoms with van der Waals surface area (Å²) in [6, 6.07) is 0. The van der Waals surface area contributed by atoms with Crippen molar-refractivity contribution in [2.75, 3.05) is 13.2 Å². The first-order chi connectivity index (χ1) is 11.5. The van der Waals surface area contributed by atoms with Crippen molar-refractivity contribution in [3.05, 3.63) is 22.3 Å². The number of rotatable bonds is 9. The molecular weight excluding hydrogens is 419 g/mol. The molecule has 0 aromatic carbocycles. The number of aliphatic hydroxyl groups is 1. The van der Waals surface area contributed by atoms with Gasteiger partial charge in [0.1, 0.15) is 0 Å². The van der Waals surface area contributed by atoms with Crippen LogP contribution in [0, 0.1) is 5.92 Å². The van der Waals surface area contributed by atoms with E-state index in [-0.39, 0.29) is 24.6 Å². The highest BCUT2D eigenvalue weighted by Gasteiger charge is 2.30. The number of aliphatic hydroxyl groups excluding tert-OH is 1. The van der Waals surface area contributed by atoms with Crippen molar-refractivity contribution in [2.45, 2.75) is 76.5 Å². The van der Waals surface area contributed by atoms with Crippen LogP contribution in [0.5, 0.6) is 0 Å². The Bertz CT molecular complexity index is 420. The smallest absolute Gasteiger partial charge is 0.157 e. The zero-order valence-corrected chi connectivity index (χ0v) is 16.9. The van der Waals surface area contributed by atoms with Crippen molar-refractivity contribution < 1.29 is 19.3 Å². The Morgan fingerprint density at radius 3 is 2.67 bits per heavy atom. The summed E-state index contributed by atoms with van der Waals surface area (Å²) in [4.78, 5) is 0. The molecule has 2 heterocycles. The number of allylic oxidation sites excluding steroid dienone is 1. The van der Waals surface area contributed by atoms with Crippen molar-refractivity contribution in [3.63, 3.8) is 0 Å². The predicted octanol–water partition coefficient (Wildman–Crippen LogP) is 4.36. The lowest BCUT2D eigenvalue weighted by Crippen LogP contribution is -2.26. The zero-order valence-electron chi connectivity index (χ0n) is 14.7. The first-order valence-corrected chi connectivity index (χ1v) is 10.1. The third-order valence-electron chi connectivity index (χ3n) is 4.84. The third-order valence-corrected chi connectivity index (χ3v) is 5.91. The molecule has 24 heavy (non-hydrogen) atoms. The van der Waals surface area contributed by atoms with Gasteiger partial charge >= 0.3 is 0 Å². The van der Waals surface area contributed by atoms with Gasteiger partial charge in [0.25, 0.3) is 0 Å². The van der Waals surface area contributed by atoms with Gasteiger partial charge in [0, 0.05) is 6.42 Å². The second kappa shape index (κ2) is 10.3. The van der Waals surface area contributed by atoms with E-state index in [4.69, 9.17) is 14.2 Å². The minimum absolute atomic E-state index is 0.0700. The largest absolute Gasteiger partial charge is 0.393 e. The Kier molecular flexibility index (Phi) is 8.71. The molecule has 0 radical (unpaired) electrons. The molecule has 0 unspecified atom stereocenters. The fourth-order valence-corrected chi connectivity index (χ4v) is 3.52. The van der Waals surface area contributed by atoms with E-state index in [1.807, 2.05) is 0 Å². The van der Waals surface area contributed by atoms with Gasteiger partial charge in [-0.05, 0) is 76.2 Å². The van der Waals surface area contributed by atoms with Gasteiger partial charge in [0.05, 0.1) is 31.5 Å². The Morgan fingerprint density at radius 2 is 2.00 bits per heavy atom. The van der Waals surface area contributed by atoms with Crippen LogP contribution in [-0.2, 0) is 14.2 Å². The molecule has 2 saturated heterocycles. The van der Waals surface area contributed by atoms with Crippen LogP contribution < -0.4 is 0 Å². The van der Waals surface area contributed by atoms with Gasteiger partial charge in [-0.2, -0.15) is 0 Å². The number of ether oxygens (including phenoxy) is 3. The van der Waals surface area contributed by atoms with Crippen LogP contribution in [-0.4, -0.2) is 42.9 Å². The first-order valence-electron chi connectivity index (χ1n) is 9.04. The van der Waals surface area contributed by atoms with E-state index >= 15 is 0 Å². The summed E-state index contributed by atoms with van der Waals surface area (Å²) in [5.74, 6) is 0.344. The fourth-order valence-electron chi connectivity index (χ4n) is 3.27. The predicted molar refractivity (Wildman–Crippen MR) is 104 cm³/mol. The van der Waals surface area contributed by atoms with Crippen molar-refractivity contribution >= 4 is 22.6 Å². The van der Waals surface area contributed by atoms with Crippen LogP contribution in [0.15, 0.2) is 22.3 Å². The Morgan fingerprint density at radius 1 is 1.29 bits per heavy atom. The lowest BCUT2D eigenvalue weighted by Gasteiger charge is -2.24. The Hall–Kier alpha value is 0.0500. The molecule has 2 aliphatic heterocycles. The third kappa shape index (κ3) is 6.75. The molecule has 0 bridgehead atoms. The summed E-state index contributed by atoms with van der Waals surface area (Å²) < 4.78 is 18.4. The minimum Gasteiger partial charge on any atom is -0.393 e. The van der Waals surface area contributed by atoms with Crippen LogP contribution in [0.2, 0.25) is 0 Å². The lowest BCUT2D eigenvalue weighted by atomic mass is 9.97. The maximum absolute atomic E-state index is 10.2. The highest BCUT2D eigenvalue weighted by atomic mass is 127. The number of halogens is 1. The molecule has 5 heteroatoms. The van der Waals surface area contributed by atoms with E-state index in [0.29, 0.717) is 5.92 Å². The summed E-state index contributed by atoms with van der Waals surface area (Å²) >= 11 is 2.24. The monoisotopic (exact) mass is 450 g/mol. The van der Waals surface area contributed by atoms with Crippen LogP contribution in [0.3, 0.4) is 0 Å². The lowest BCUT2D eigenvalue weighted by molar-refractivity contribution is -0.184. The molecule has 2 fully saturated rings. The van der Waals surface area contributed by atoms with E-state index < -0.39 is 0 Å². The maximum atomic E-state index is 10.2. The molecule has 1 N–H and O–H groups in total. The summed E-state index contributed by atoms with van der Waals surface area (Å²) in [5.41, 5.74) is 1.16. The number of hydrogen-bond acceptors (Lipinski definition) is 4. The zero-order chi connectivity index (χ0) is 17.5. The van der Waals surface area contributed by atoms with Gasteiger partial charge in [-0.1, -0.05) is 20.1 Å². The molecule has 0 spiro atoms. The highest BCUT2D eigenvalue weighted by Crippen LogP contribution is 2.32. The van der Waals surface area contributed by atoms with Gasteiger partial charge in [-0.15, -0.1) is 0 Å². The molecule has 0 aromatic rings.